The van der Waals surface area contributed by atoms with E-state index in [0.717, 1.165) is 0 Å². The molecular formula is C13H12Cl3N3O2. The zero-order chi connectivity index (χ0) is 15.9. The molecule has 0 amide bonds. The Morgan fingerprint density at radius 1 is 1.24 bits per heavy atom. The number of nitrogens with zero attached hydrogens (tertiary/aromatic N) is 3. The first-order chi connectivity index (χ1) is 9.62. The third kappa shape index (κ3) is 3.00. The molecule has 0 radical (unpaired) electrons. The number of halogens is 3. The Morgan fingerprint density at radius 2 is 1.86 bits per heavy atom. The lowest BCUT2D eigenvalue weighted by molar-refractivity contribution is -0.385. The first-order valence-electron chi connectivity index (χ1n) is 6.01. The van der Waals surface area contributed by atoms with Crippen molar-refractivity contribution in [3.63, 3.8) is 0 Å². The summed E-state index contributed by atoms with van der Waals surface area (Å²) in [5.74, 6) is 0. The van der Waals surface area contributed by atoms with Crippen LogP contribution in [0.5, 0.6) is 0 Å². The molecule has 0 aliphatic rings. The zero-order valence-electron chi connectivity index (χ0n) is 11.5. The van der Waals surface area contributed by atoms with Crippen LogP contribution in [0.1, 0.15) is 26.5 Å². The highest BCUT2D eigenvalue weighted by Gasteiger charge is 2.34. The van der Waals surface area contributed by atoms with Crippen LogP contribution in [0.2, 0.25) is 15.2 Å². The van der Waals surface area contributed by atoms with E-state index in [-0.39, 0.29) is 10.8 Å². The maximum Gasteiger partial charge on any atom is 0.330 e. The summed E-state index contributed by atoms with van der Waals surface area (Å²) in [6.45, 7) is 5.48. The van der Waals surface area contributed by atoms with Crippen LogP contribution >= 0.6 is 34.8 Å². The molecule has 0 bridgehead atoms. The highest BCUT2D eigenvalue weighted by Crippen LogP contribution is 2.38. The molecule has 1 heterocycles. The van der Waals surface area contributed by atoms with Crippen LogP contribution < -0.4 is 0 Å². The van der Waals surface area contributed by atoms with Crippen molar-refractivity contribution in [1.82, 2.24) is 9.78 Å². The lowest BCUT2D eigenvalue weighted by atomic mass is 9.91. The molecule has 0 aliphatic carbocycles. The molecule has 0 saturated carbocycles. The van der Waals surface area contributed by atoms with Crippen LogP contribution in [0.4, 0.5) is 5.69 Å². The molecule has 112 valence electrons. The smallest absolute Gasteiger partial charge is 0.258 e. The van der Waals surface area contributed by atoms with E-state index in [9.17, 15) is 10.1 Å². The van der Waals surface area contributed by atoms with Gasteiger partial charge in [0.15, 0.2) is 0 Å². The van der Waals surface area contributed by atoms with Crippen LogP contribution in [0.3, 0.4) is 0 Å². The number of hydrogen-bond donors (Lipinski definition) is 0. The second-order valence-electron chi connectivity index (χ2n) is 5.50. The number of hydrogen-bond acceptors (Lipinski definition) is 3. The van der Waals surface area contributed by atoms with Crippen molar-refractivity contribution in [3.05, 3.63) is 49.2 Å². The first kappa shape index (κ1) is 16.1. The van der Waals surface area contributed by atoms with Crippen molar-refractivity contribution in [3.8, 4) is 5.69 Å². The van der Waals surface area contributed by atoms with Crippen molar-refractivity contribution < 1.29 is 4.92 Å². The molecule has 1 aromatic carbocycles. The SMILES string of the molecule is CC(C)(C)c1nn(-c2ccc(Cl)cc2Cl)c(Cl)c1[N+](=O)[O-]. The van der Waals surface area contributed by atoms with Crippen LogP contribution in [-0.2, 0) is 5.41 Å². The number of aromatic nitrogens is 2. The van der Waals surface area contributed by atoms with Gasteiger partial charge < -0.3 is 0 Å². The van der Waals surface area contributed by atoms with E-state index in [1.807, 2.05) is 20.8 Å². The minimum absolute atomic E-state index is 0.0888. The Balaban J connectivity index is 2.74. The van der Waals surface area contributed by atoms with E-state index < -0.39 is 10.3 Å². The Hall–Kier alpha value is -1.30. The Morgan fingerprint density at radius 3 is 2.29 bits per heavy atom. The molecule has 5 nitrogen and oxygen atoms in total. The van der Waals surface area contributed by atoms with Crippen molar-refractivity contribution >= 4 is 40.5 Å². The second-order valence-corrected chi connectivity index (χ2v) is 6.70. The van der Waals surface area contributed by atoms with E-state index in [2.05, 4.69) is 5.10 Å². The lowest BCUT2D eigenvalue weighted by Gasteiger charge is -2.13. The van der Waals surface area contributed by atoms with Gasteiger partial charge in [-0.05, 0) is 18.2 Å². The molecule has 21 heavy (non-hydrogen) atoms. The quantitative estimate of drug-likeness (QED) is 0.564. The van der Waals surface area contributed by atoms with Crippen molar-refractivity contribution in [2.75, 3.05) is 0 Å². The maximum atomic E-state index is 11.3. The molecule has 0 spiro atoms. The van der Waals surface area contributed by atoms with Gasteiger partial charge in [0.05, 0.1) is 15.6 Å². The van der Waals surface area contributed by atoms with Gasteiger partial charge in [-0.25, -0.2) is 4.68 Å². The highest BCUT2D eigenvalue weighted by atomic mass is 35.5. The molecule has 0 fully saturated rings. The topological polar surface area (TPSA) is 61.0 Å². The van der Waals surface area contributed by atoms with E-state index in [1.54, 1.807) is 12.1 Å². The summed E-state index contributed by atoms with van der Waals surface area (Å²) in [5.41, 5.74) is -0.0145. The third-order valence-electron chi connectivity index (χ3n) is 2.84. The van der Waals surface area contributed by atoms with Gasteiger partial charge in [0.1, 0.15) is 5.69 Å². The van der Waals surface area contributed by atoms with Gasteiger partial charge in [-0.3, -0.25) is 10.1 Å². The molecule has 0 aliphatic heterocycles. The van der Waals surface area contributed by atoms with Gasteiger partial charge in [-0.15, -0.1) is 0 Å². The van der Waals surface area contributed by atoms with Crippen LogP contribution in [0, 0.1) is 10.1 Å². The maximum absolute atomic E-state index is 11.3. The van der Waals surface area contributed by atoms with Crippen LogP contribution in [-0.4, -0.2) is 14.7 Å². The number of nitro groups is 1. The van der Waals surface area contributed by atoms with Gasteiger partial charge in [0.2, 0.25) is 5.15 Å². The molecule has 0 atom stereocenters. The van der Waals surface area contributed by atoms with Gasteiger partial charge in [-0.2, -0.15) is 5.10 Å². The summed E-state index contributed by atoms with van der Waals surface area (Å²) in [6, 6.07) is 4.75. The molecule has 0 N–H and O–H groups in total. The van der Waals surface area contributed by atoms with Gasteiger partial charge >= 0.3 is 5.69 Å². The molecule has 2 aromatic rings. The van der Waals surface area contributed by atoms with E-state index >= 15 is 0 Å². The largest absolute Gasteiger partial charge is 0.330 e. The van der Waals surface area contributed by atoms with Gasteiger partial charge in [0.25, 0.3) is 0 Å². The fourth-order valence-electron chi connectivity index (χ4n) is 1.87. The lowest BCUT2D eigenvalue weighted by Crippen LogP contribution is -2.14. The zero-order valence-corrected chi connectivity index (χ0v) is 13.8. The predicted molar refractivity (Wildman–Crippen MR) is 83.9 cm³/mol. The molecule has 0 unspecified atom stereocenters. The summed E-state index contributed by atoms with van der Waals surface area (Å²) in [6.07, 6.45) is 0. The van der Waals surface area contributed by atoms with Crippen LogP contribution in [0.15, 0.2) is 18.2 Å². The number of benzene rings is 1. The van der Waals surface area contributed by atoms with Gasteiger partial charge in [-0.1, -0.05) is 55.6 Å². The molecular weight excluding hydrogens is 337 g/mol. The average Bonchev–Trinajstić information content (AvgIpc) is 2.67. The van der Waals surface area contributed by atoms with E-state index in [0.29, 0.717) is 21.4 Å². The average molecular weight is 349 g/mol. The fraction of sp³-hybridized carbons (Fsp3) is 0.308. The summed E-state index contributed by atoms with van der Waals surface area (Å²) >= 11 is 18.1. The minimum atomic E-state index is -0.532. The Bertz CT molecular complexity index is 720. The molecule has 2 rings (SSSR count). The molecule has 0 saturated heterocycles. The van der Waals surface area contributed by atoms with Crippen molar-refractivity contribution in [1.29, 1.82) is 0 Å². The standard InChI is InChI=1S/C13H12Cl3N3O2/c1-13(2,3)11-10(19(20)21)12(16)18(17-11)9-5-4-7(14)6-8(9)15/h4-6H,1-3H3. The normalized spacial score (nSPS) is 11.7. The van der Waals surface area contributed by atoms with Crippen molar-refractivity contribution in [2.24, 2.45) is 0 Å². The van der Waals surface area contributed by atoms with E-state index in [1.165, 1.54) is 10.7 Å². The van der Waals surface area contributed by atoms with Gasteiger partial charge in [0, 0.05) is 10.4 Å². The number of rotatable bonds is 2. The molecule has 1 aromatic heterocycles. The second kappa shape index (κ2) is 5.48. The highest BCUT2D eigenvalue weighted by molar-refractivity contribution is 6.36. The van der Waals surface area contributed by atoms with Crippen molar-refractivity contribution in [2.45, 2.75) is 26.2 Å². The van der Waals surface area contributed by atoms with E-state index in [4.69, 9.17) is 34.8 Å². The summed E-state index contributed by atoms with van der Waals surface area (Å²) in [4.78, 5) is 10.8. The minimum Gasteiger partial charge on any atom is -0.258 e. The summed E-state index contributed by atoms with van der Waals surface area (Å²) in [5, 5.41) is 16.2. The predicted octanol–water partition coefficient (Wildman–Crippen LogP) is 5.04. The fourth-order valence-corrected chi connectivity index (χ4v) is 2.64. The summed E-state index contributed by atoms with van der Waals surface area (Å²) in [7, 11) is 0. The molecule has 8 heteroatoms. The Kier molecular flexibility index (Phi) is 4.19. The Labute approximate surface area is 136 Å². The third-order valence-corrected chi connectivity index (χ3v) is 3.71. The first-order valence-corrected chi connectivity index (χ1v) is 7.15. The monoisotopic (exact) mass is 347 g/mol. The van der Waals surface area contributed by atoms with Crippen LogP contribution in [0.25, 0.3) is 5.69 Å². The summed E-state index contributed by atoms with van der Waals surface area (Å²) < 4.78 is 1.26.